The third kappa shape index (κ3) is 10.7. The molecule has 0 aromatic heterocycles. The van der Waals surface area contributed by atoms with E-state index in [0.29, 0.717) is 19.8 Å². The van der Waals surface area contributed by atoms with Crippen LogP contribution in [-0.4, -0.2) is 51.3 Å². The molecular formula is C19H34IN3O2. The van der Waals surface area contributed by atoms with Gasteiger partial charge in [-0.1, -0.05) is 37.6 Å². The summed E-state index contributed by atoms with van der Waals surface area (Å²) in [5.41, 5.74) is 2.41. The van der Waals surface area contributed by atoms with E-state index in [1.165, 1.54) is 24.0 Å². The van der Waals surface area contributed by atoms with E-state index in [1.807, 2.05) is 14.0 Å². The monoisotopic (exact) mass is 463 g/mol. The van der Waals surface area contributed by atoms with E-state index in [-0.39, 0.29) is 24.0 Å². The minimum atomic E-state index is 0. The zero-order valence-electron chi connectivity index (χ0n) is 16.1. The Balaban J connectivity index is 0.00000576. The van der Waals surface area contributed by atoms with Crippen molar-refractivity contribution in [2.45, 2.75) is 39.8 Å². The Labute approximate surface area is 170 Å². The van der Waals surface area contributed by atoms with Gasteiger partial charge in [-0.2, -0.15) is 0 Å². The molecule has 0 aliphatic rings. The highest BCUT2D eigenvalue weighted by atomic mass is 127. The van der Waals surface area contributed by atoms with Crippen LogP contribution in [0.5, 0.6) is 0 Å². The molecule has 0 amide bonds. The van der Waals surface area contributed by atoms with Gasteiger partial charge in [0.15, 0.2) is 5.96 Å². The second-order valence-electron chi connectivity index (χ2n) is 5.75. The second-order valence-corrected chi connectivity index (χ2v) is 5.75. The number of unbranched alkanes of at least 4 members (excludes halogenated alkanes) is 1. The molecule has 144 valence electrons. The summed E-state index contributed by atoms with van der Waals surface area (Å²) in [6, 6.07) is 8.46. The number of ether oxygens (including phenoxy) is 2. The summed E-state index contributed by atoms with van der Waals surface area (Å²) >= 11 is 0. The lowest BCUT2D eigenvalue weighted by molar-refractivity contribution is 0.0453. The first-order valence-electron chi connectivity index (χ1n) is 8.86. The van der Waals surface area contributed by atoms with Crippen LogP contribution >= 0.6 is 24.0 Å². The van der Waals surface area contributed by atoms with Gasteiger partial charge in [0.25, 0.3) is 0 Å². The van der Waals surface area contributed by atoms with Crippen molar-refractivity contribution in [1.29, 1.82) is 0 Å². The largest absolute Gasteiger partial charge is 0.379 e. The van der Waals surface area contributed by atoms with Gasteiger partial charge in [-0.05, 0) is 24.5 Å². The number of nitrogens with one attached hydrogen (secondary N) is 1. The number of benzene rings is 1. The lowest BCUT2D eigenvalue weighted by Crippen LogP contribution is -2.38. The molecule has 0 saturated heterocycles. The van der Waals surface area contributed by atoms with Crippen LogP contribution in [0.3, 0.4) is 0 Å². The molecule has 0 saturated carbocycles. The lowest BCUT2D eigenvalue weighted by Gasteiger charge is -2.22. The van der Waals surface area contributed by atoms with Crippen molar-refractivity contribution in [3.8, 4) is 0 Å². The molecule has 0 bridgehead atoms. The van der Waals surface area contributed by atoms with Crippen LogP contribution in [0.2, 0.25) is 0 Å². The topological polar surface area (TPSA) is 46.1 Å². The number of hydrogen-bond acceptors (Lipinski definition) is 3. The molecule has 5 nitrogen and oxygen atoms in total. The van der Waals surface area contributed by atoms with E-state index in [4.69, 9.17) is 9.47 Å². The van der Waals surface area contributed by atoms with Crippen LogP contribution in [0.1, 0.15) is 37.8 Å². The standard InChI is InChI=1S/C19H33N3O2.HI/c1-5-7-11-22(4)19(20-3)21-15-17-9-8-10-18(14-17)16-24-13-12-23-6-2;/h8-10,14H,5-7,11-13,15-16H2,1-4H3,(H,20,21);1H. The minimum absolute atomic E-state index is 0. The van der Waals surface area contributed by atoms with Crippen LogP contribution in [-0.2, 0) is 22.6 Å². The van der Waals surface area contributed by atoms with Crippen LogP contribution in [0, 0.1) is 0 Å². The average Bonchev–Trinajstić information content (AvgIpc) is 2.60. The Morgan fingerprint density at radius 2 is 1.88 bits per heavy atom. The Kier molecular flexibility index (Phi) is 14.9. The zero-order valence-corrected chi connectivity index (χ0v) is 18.4. The van der Waals surface area contributed by atoms with Crippen molar-refractivity contribution in [3.05, 3.63) is 35.4 Å². The third-order valence-electron chi connectivity index (χ3n) is 3.71. The van der Waals surface area contributed by atoms with Crippen molar-refractivity contribution >= 4 is 29.9 Å². The quantitative estimate of drug-likeness (QED) is 0.236. The number of guanidine groups is 1. The van der Waals surface area contributed by atoms with E-state index in [9.17, 15) is 0 Å². The highest BCUT2D eigenvalue weighted by Gasteiger charge is 2.05. The summed E-state index contributed by atoms with van der Waals surface area (Å²) in [5.74, 6) is 0.932. The minimum Gasteiger partial charge on any atom is -0.379 e. The summed E-state index contributed by atoms with van der Waals surface area (Å²) in [5, 5.41) is 3.42. The fourth-order valence-electron chi connectivity index (χ4n) is 2.35. The molecule has 6 heteroatoms. The molecule has 1 N–H and O–H groups in total. The number of halogens is 1. The first-order valence-corrected chi connectivity index (χ1v) is 8.86. The molecular weight excluding hydrogens is 429 g/mol. The molecule has 1 rings (SSSR count). The molecule has 0 heterocycles. The van der Waals surface area contributed by atoms with Gasteiger partial charge in [-0.15, -0.1) is 24.0 Å². The van der Waals surface area contributed by atoms with E-state index < -0.39 is 0 Å². The maximum Gasteiger partial charge on any atom is 0.193 e. The van der Waals surface area contributed by atoms with Crippen LogP contribution in [0.15, 0.2) is 29.3 Å². The summed E-state index contributed by atoms with van der Waals surface area (Å²) in [7, 11) is 3.90. The van der Waals surface area contributed by atoms with Gasteiger partial charge < -0.3 is 19.7 Å². The van der Waals surface area contributed by atoms with Gasteiger partial charge in [-0.3, -0.25) is 4.99 Å². The number of rotatable bonds is 11. The number of nitrogens with zero attached hydrogens (tertiary/aromatic N) is 2. The Bertz CT molecular complexity index is 483. The van der Waals surface area contributed by atoms with Crippen LogP contribution < -0.4 is 5.32 Å². The SMILES string of the molecule is CCCCN(C)C(=NC)NCc1cccc(COCCOCC)c1.I. The molecule has 25 heavy (non-hydrogen) atoms. The Morgan fingerprint density at radius 3 is 2.56 bits per heavy atom. The normalized spacial score (nSPS) is 11.1. The van der Waals surface area contributed by atoms with Gasteiger partial charge in [0, 0.05) is 33.8 Å². The smallest absolute Gasteiger partial charge is 0.193 e. The fraction of sp³-hybridized carbons (Fsp3) is 0.632. The summed E-state index contributed by atoms with van der Waals surface area (Å²) in [6.45, 7) is 8.60. The van der Waals surface area contributed by atoms with E-state index in [1.54, 1.807) is 0 Å². The van der Waals surface area contributed by atoms with Crippen molar-refractivity contribution in [2.75, 3.05) is 40.5 Å². The summed E-state index contributed by atoms with van der Waals surface area (Å²) < 4.78 is 10.9. The third-order valence-corrected chi connectivity index (χ3v) is 3.71. The molecule has 1 aromatic carbocycles. The fourth-order valence-corrected chi connectivity index (χ4v) is 2.35. The molecule has 0 radical (unpaired) electrons. The van der Waals surface area contributed by atoms with Gasteiger partial charge >= 0.3 is 0 Å². The lowest BCUT2D eigenvalue weighted by atomic mass is 10.1. The maximum absolute atomic E-state index is 5.63. The van der Waals surface area contributed by atoms with E-state index in [2.05, 4.69) is 53.4 Å². The molecule has 0 aliphatic heterocycles. The maximum atomic E-state index is 5.63. The summed E-state index contributed by atoms with van der Waals surface area (Å²) in [4.78, 5) is 6.52. The Morgan fingerprint density at radius 1 is 1.16 bits per heavy atom. The van der Waals surface area contributed by atoms with Crippen LogP contribution in [0.25, 0.3) is 0 Å². The van der Waals surface area contributed by atoms with Gasteiger partial charge in [0.05, 0.1) is 19.8 Å². The highest BCUT2D eigenvalue weighted by molar-refractivity contribution is 14.0. The second kappa shape index (κ2) is 15.4. The summed E-state index contributed by atoms with van der Waals surface area (Å²) in [6.07, 6.45) is 2.36. The molecule has 0 fully saturated rings. The highest BCUT2D eigenvalue weighted by Crippen LogP contribution is 2.07. The van der Waals surface area contributed by atoms with E-state index >= 15 is 0 Å². The van der Waals surface area contributed by atoms with Crippen molar-refractivity contribution in [1.82, 2.24) is 10.2 Å². The molecule has 0 unspecified atom stereocenters. The van der Waals surface area contributed by atoms with Gasteiger partial charge in [0.2, 0.25) is 0 Å². The van der Waals surface area contributed by atoms with Crippen LogP contribution in [0.4, 0.5) is 0 Å². The molecule has 1 aromatic rings. The predicted molar refractivity (Wildman–Crippen MR) is 116 cm³/mol. The van der Waals surface area contributed by atoms with Crippen molar-refractivity contribution < 1.29 is 9.47 Å². The Hall–Kier alpha value is -0.860. The van der Waals surface area contributed by atoms with E-state index in [0.717, 1.165) is 25.7 Å². The van der Waals surface area contributed by atoms with Crippen molar-refractivity contribution in [3.63, 3.8) is 0 Å². The number of hydrogen-bond donors (Lipinski definition) is 1. The molecule has 0 aliphatic carbocycles. The first-order chi connectivity index (χ1) is 11.7. The zero-order chi connectivity index (χ0) is 17.6. The molecule has 0 atom stereocenters. The number of aliphatic imine (C=N–C) groups is 1. The average molecular weight is 463 g/mol. The van der Waals surface area contributed by atoms with Crippen molar-refractivity contribution in [2.24, 2.45) is 4.99 Å². The predicted octanol–water partition coefficient (Wildman–Crippen LogP) is 3.67. The molecule has 0 spiro atoms. The first kappa shape index (κ1) is 24.1. The van der Waals surface area contributed by atoms with Gasteiger partial charge in [0.1, 0.15) is 0 Å². The van der Waals surface area contributed by atoms with Gasteiger partial charge in [-0.25, -0.2) is 0 Å².